The summed E-state index contributed by atoms with van der Waals surface area (Å²) in [6.07, 6.45) is 1.96. The van der Waals surface area contributed by atoms with Crippen molar-refractivity contribution in [2.24, 2.45) is 0 Å². The number of amides is 1. The van der Waals surface area contributed by atoms with Gasteiger partial charge in [0.05, 0.1) is 19.2 Å². The van der Waals surface area contributed by atoms with Crippen LogP contribution in [0.3, 0.4) is 0 Å². The van der Waals surface area contributed by atoms with Gasteiger partial charge in [-0.05, 0) is 29.8 Å². The molecule has 0 atom stereocenters. The van der Waals surface area contributed by atoms with Gasteiger partial charge in [-0.3, -0.25) is 4.79 Å². The lowest BCUT2D eigenvalue weighted by molar-refractivity contribution is -0.120. The van der Waals surface area contributed by atoms with E-state index in [1.54, 1.807) is 12.3 Å². The van der Waals surface area contributed by atoms with Gasteiger partial charge >= 0.3 is 0 Å². The van der Waals surface area contributed by atoms with Crippen molar-refractivity contribution in [1.82, 2.24) is 5.32 Å². The van der Waals surface area contributed by atoms with Crippen LogP contribution in [0.25, 0.3) is 0 Å². The maximum absolute atomic E-state index is 11.6. The van der Waals surface area contributed by atoms with Crippen molar-refractivity contribution in [3.63, 3.8) is 0 Å². The molecule has 2 aromatic rings. The smallest absolute Gasteiger partial charge is 0.224 e. The van der Waals surface area contributed by atoms with Crippen LogP contribution in [0.15, 0.2) is 52.0 Å². The second kappa shape index (κ2) is 5.59. The highest BCUT2D eigenvalue weighted by molar-refractivity contribution is 7.80. The van der Waals surface area contributed by atoms with Crippen LogP contribution in [-0.2, 0) is 17.8 Å². The van der Waals surface area contributed by atoms with Gasteiger partial charge in [0.1, 0.15) is 5.76 Å². The zero-order chi connectivity index (χ0) is 12.1. The Morgan fingerprint density at radius 2 is 2.00 bits per heavy atom. The van der Waals surface area contributed by atoms with Crippen LogP contribution in [-0.4, -0.2) is 5.91 Å². The van der Waals surface area contributed by atoms with Crippen molar-refractivity contribution in [2.75, 3.05) is 0 Å². The highest BCUT2D eigenvalue weighted by Gasteiger charge is 2.04. The normalized spacial score (nSPS) is 10.2. The van der Waals surface area contributed by atoms with Crippen LogP contribution in [0.1, 0.15) is 11.3 Å². The molecule has 0 aliphatic heterocycles. The fourth-order valence-electron chi connectivity index (χ4n) is 1.46. The minimum atomic E-state index is -0.0201. The average molecular weight is 247 g/mol. The summed E-state index contributed by atoms with van der Waals surface area (Å²) in [4.78, 5) is 12.5. The Bertz CT molecular complexity index is 477. The van der Waals surface area contributed by atoms with Crippen LogP contribution < -0.4 is 5.32 Å². The van der Waals surface area contributed by atoms with E-state index in [2.05, 4.69) is 17.9 Å². The minimum absolute atomic E-state index is 0.0201. The van der Waals surface area contributed by atoms with Crippen LogP contribution in [0, 0.1) is 0 Å². The molecule has 0 saturated heterocycles. The summed E-state index contributed by atoms with van der Waals surface area (Å²) in [6.45, 7) is 0.427. The first-order valence-electron chi connectivity index (χ1n) is 5.31. The van der Waals surface area contributed by atoms with Crippen molar-refractivity contribution in [1.29, 1.82) is 0 Å². The molecule has 0 saturated carbocycles. The van der Waals surface area contributed by atoms with E-state index in [1.165, 1.54) is 0 Å². The second-order valence-corrected chi connectivity index (χ2v) is 4.22. The number of furan rings is 1. The molecule has 2 rings (SSSR count). The zero-order valence-electron chi connectivity index (χ0n) is 9.22. The van der Waals surface area contributed by atoms with E-state index in [0.717, 1.165) is 16.2 Å². The molecule has 4 heteroatoms. The summed E-state index contributed by atoms with van der Waals surface area (Å²) in [5.74, 6) is 0.734. The predicted octanol–water partition coefficient (Wildman–Crippen LogP) is 2.43. The SMILES string of the molecule is O=C(Cc1ccc(S)cc1)NCc1ccco1. The molecule has 1 aromatic heterocycles. The summed E-state index contributed by atoms with van der Waals surface area (Å²) < 4.78 is 5.13. The Hall–Kier alpha value is -1.68. The van der Waals surface area contributed by atoms with Gasteiger partial charge in [0.2, 0.25) is 5.91 Å². The van der Waals surface area contributed by atoms with E-state index >= 15 is 0 Å². The van der Waals surface area contributed by atoms with Gasteiger partial charge in [0, 0.05) is 4.90 Å². The van der Waals surface area contributed by atoms with Gasteiger partial charge in [-0.2, -0.15) is 0 Å². The molecule has 1 amide bonds. The van der Waals surface area contributed by atoms with Gasteiger partial charge in [0.25, 0.3) is 0 Å². The molecule has 0 unspecified atom stereocenters. The first-order chi connectivity index (χ1) is 8.24. The van der Waals surface area contributed by atoms with Crippen LogP contribution in [0.5, 0.6) is 0 Å². The Labute approximate surface area is 105 Å². The van der Waals surface area contributed by atoms with Crippen LogP contribution >= 0.6 is 12.6 Å². The van der Waals surface area contributed by atoms with Crippen molar-refractivity contribution in [2.45, 2.75) is 17.9 Å². The quantitative estimate of drug-likeness (QED) is 0.815. The molecule has 3 nitrogen and oxygen atoms in total. The molecule has 0 aliphatic carbocycles. The van der Waals surface area contributed by atoms with E-state index in [0.29, 0.717) is 13.0 Å². The molecular formula is C13H13NO2S. The molecule has 0 radical (unpaired) electrons. The molecule has 1 aromatic carbocycles. The van der Waals surface area contributed by atoms with E-state index < -0.39 is 0 Å². The number of hydrogen-bond donors (Lipinski definition) is 2. The topological polar surface area (TPSA) is 42.2 Å². The van der Waals surface area contributed by atoms with Gasteiger partial charge in [-0.1, -0.05) is 12.1 Å². The summed E-state index contributed by atoms with van der Waals surface area (Å²) >= 11 is 4.19. The summed E-state index contributed by atoms with van der Waals surface area (Å²) in [7, 11) is 0. The van der Waals surface area contributed by atoms with Crippen LogP contribution in [0.4, 0.5) is 0 Å². The number of rotatable bonds is 4. The van der Waals surface area contributed by atoms with Crippen molar-refractivity contribution >= 4 is 18.5 Å². The number of carbonyl (C=O) groups excluding carboxylic acids is 1. The van der Waals surface area contributed by atoms with Crippen molar-refractivity contribution in [3.05, 3.63) is 54.0 Å². The molecule has 0 bridgehead atoms. The van der Waals surface area contributed by atoms with E-state index in [1.807, 2.05) is 30.3 Å². The third-order valence-corrected chi connectivity index (χ3v) is 2.64. The fraction of sp³-hybridized carbons (Fsp3) is 0.154. The van der Waals surface area contributed by atoms with E-state index in [-0.39, 0.29) is 5.91 Å². The Morgan fingerprint density at radius 3 is 2.65 bits per heavy atom. The molecule has 1 N–H and O–H groups in total. The number of carbonyl (C=O) groups is 1. The zero-order valence-corrected chi connectivity index (χ0v) is 10.1. The number of hydrogen-bond acceptors (Lipinski definition) is 3. The molecule has 0 spiro atoms. The number of nitrogens with one attached hydrogen (secondary N) is 1. The predicted molar refractivity (Wildman–Crippen MR) is 68.0 cm³/mol. The Balaban J connectivity index is 1.83. The van der Waals surface area contributed by atoms with Crippen LogP contribution in [0.2, 0.25) is 0 Å². The van der Waals surface area contributed by atoms with Gasteiger partial charge in [-0.15, -0.1) is 12.6 Å². The maximum Gasteiger partial charge on any atom is 0.224 e. The van der Waals surface area contributed by atoms with E-state index in [4.69, 9.17) is 4.42 Å². The van der Waals surface area contributed by atoms with Crippen molar-refractivity contribution in [3.8, 4) is 0 Å². The third-order valence-electron chi connectivity index (χ3n) is 2.34. The molecular weight excluding hydrogens is 234 g/mol. The lowest BCUT2D eigenvalue weighted by Gasteiger charge is -2.03. The Kier molecular flexibility index (Phi) is 3.88. The largest absolute Gasteiger partial charge is 0.467 e. The summed E-state index contributed by atoms with van der Waals surface area (Å²) in [6, 6.07) is 11.2. The second-order valence-electron chi connectivity index (χ2n) is 3.70. The molecule has 17 heavy (non-hydrogen) atoms. The number of thiol groups is 1. The highest BCUT2D eigenvalue weighted by atomic mass is 32.1. The highest BCUT2D eigenvalue weighted by Crippen LogP contribution is 2.08. The summed E-state index contributed by atoms with van der Waals surface area (Å²) in [5, 5.41) is 2.80. The fourth-order valence-corrected chi connectivity index (χ4v) is 1.61. The molecule has 0 fully saturated rings. The standard InChI is InChI=1S/C13H13NO2S/c15-13(14-9-11-2-1-7-16-11)8-10-3-5-12(17)6-4-10/h1-7,17H,8-9H2,(H,14,15). The molecule has 0 aliphatic rings. The first kappa shape index (κ1) is 11.8. The maximum atomic E-state index is 11.6. The van der Waals surface area contributed by atoms with Gasteiger partial charge in [-0.25, -0.2) is 0 Å². The summed E-state index contributed by atoms with van der Waals surface area (Å²) in [5.41, 5.74) is 0.972. The molecule has 1 heterocycles. The molecule has 88 valence electrons. The van der Waals surface area contributed by atoms with Gasteiger partial charge < -0.3 is 9.73 Å². The van der Waals surface area contributed by atoms with E-state index in [9.17, 15) is 4.79 Å². The van der Waals surface area contributed by atoms with Gasteiger partial charge in [0.15, 0.2) is 0 Å². The third kappa shape index (κ3) is 3.67. The first-order valence-corrected chi connectivity index (χ1v) is 5.76. The lowest BCUT2D eigenvalue weighted by atomic mass is 10.1. The lowest BCUT2D eigenvalue weighted by Crippen LogP contribution is -2.24. The van der Waals surface area contributed by atoms with Crippen molar-refractivity contribution < 1.29 is 9.21 Å². The minimum Gasteiger partial charge on any atom is -0.467 e. The average Bonchev–Trinajstić information content (AvgIpc) is 2.83. The monoisotopic (exact) mass is 247 g/mol. The number of benzene rings is 1. The Morgan fingerprint density at radius 1 is 1.24 bits per heavy atom.